The third-order valence-electron chi connectivity index (χ3n) is 2.72. The van der Waals surface area contributed by atoms with Gasteiger partial charge in [-0.1, -0.05) is 52.7 Å². The topological polar surface area (TPSA) is 87.4 Å². The molecule has 0 bridgehead atoms. The van der Waals surface area contributed by atoms with Crippen LogP contribution < -0.4 is 0 Å². The molecule has 0 radical (unpaired) electrons. The molecule has 0 aromatic heterocycles. The normalized spacial score (nSPS) is 10.6. The van der Waals surface area contributed by atoms with Crippen LogP contribution in [-0.4, -0.2) is 11.7 Å². The van der Waals surface area contributed by atoms with Gasteiger partial charge in [0.2, 0.25) is 0 Å². The Hall–Kier alpha value is -3.11. The first-order valence-electron chi connectivity index (χ1n) is 6.18. The largest absolute Gasteiger partial charge is 0.365 e. The van der Waals surface area contributed by atoms with E-state index in [1.165, 1.54) is 0 Å². The van der Waals surface area contributed by atoms with E-state index < -0.39 is 5.97 Å². The summed E-state index contributed by atoms with van der Waals surface area (Å²) in [6.45, 7) is 1.67. The molecule has 0 unspecified atom stereocenters. The molecule has 0 heterocycles. The maximum Gasteiger partial charge on any atom is 0.365 e. The summed E-state index contributed by atoms with van der Waals surface area (Å²) in [5.74, 6) is -0.545. The van der Waals surface area contributed by atoms with Crippen LogP contribution in [0.25, 0.3) is 10.4 Å². The standard InChI is InChI=1S/C15H12N4O2/c1-11(13-9-5-6-10-14(13)17-19-16)18-21-15(20)12-7-3-2-4-8-12/h2-10H,1H3/b18-11-. The van der Waals surface area contributed by atoms with Crippen LogP contribution in [0.3, 0.4) is 0 Å². The lowest BCUT2D eigenvalue weighted by atomic mass is 10.1. The van der Waals surface area contributed by atoms with Gasteiger partial charge in [-0.3, -0.25) is 0 Å². The van der Waals surface area contributed by atoms with E-state index in [0.29, 0.717) is 22.5 Å². The molecule has 0 aliphatic heterocycles. The number of carbonyl (C=O) groups is 1. The first kappa shape index (κ1) is 14.3. The molecule has 0 saturated heterocycles. The van der Waals surface area contributed by atoms with Gasteiger partial charge in [0, 0.05) is 16.2 Å². The molecule has 0 fully saturated rings. The summed E-state index contributed by atoms with van der Waals surface area (Å²) in [6, 6.07) is 15.5. The van der Waals surface area contributed by atoms with Crippen molar-refractivity contribution in [3.05, 3.63) is 76.2 Å². The Morgan fingerprint density at radius 1 is 1.10 bits per heavy atom. The summed E-state index contributed by atoms with van der Waals surface area (Å²) < 4.78 is 0. The van der Waals surface area contributed by atoms with Gasteiger partial charge in [0.25, 0.3) is 0 Å². The number of hydrogen-bond donors (Lipinski definition) is 0. The van der Waals surface area contributed by atoms with Crippen molar-refractivity contribution in [2.75, 3.05) is 0 Å². The predicted octanol–water partition coefficient (Wildman–Crippen LogP) is 4.21. The van der Waals surface area contributed by atoms with Gasteiger partial charge in [-0.15, -0.1) is 0 Å². The van der Waals surface area contributed by atoms with Gasteiger partial charge in [-0.05, 0) is 24.6 Å². The zero-order chi connectivity index (χ0) is 15.1. The molecule has 0 N–H and O–H groups in total. The molecular formula is C15H12N4O2. The molecule has 0 atom stereocenters. The highest BCUT2D eigenvalue weighted by Gasteiger charge is 2.08. The number of carbonyl (C=O) groups excluding carboxylic acids is 1. The summed E-state index contributed by atoms with van der Waals surface area (Å²) >= 11 is 0. The van der Waals surface area contributed by atoms with Crippen LogP contribution in [0.1, 0.15) is 22.8 Å². The van der Waals surface area contributed by atoms with Gasteiger partial charge in [-0.2, -0.15) is 0 Å². The van der Waals surface area contributed by atoms with Gasteiger partial charge < -0.3 is 4.84 Å². The van der Waals surface area contributed by atoms with E-state index in [2.05, 4.69) is 15.2 Å². The number of rotatable bonds is 4. The number of hydrogen-bond acceptors (Lipinski definition) is 4. The molecule has 21 heavy (non-hydrogen) atoms. The smallest absolute Gasteiger partial charge is 0.313 e. The molecule has 2 aromatic rings. The van der Waals surface area contributed by atoms with Crippen LogP contribution in [-0.2, 0) is 4.84 Å². The van der Waals surface area contributed by atoms with Gasteiger partial charge in [0.15, 0.2) is 0 Å². The molecular weight excluding hydrogens is 268 g/mol. The van der Waals surface area contributed by atoms with Crippen molar-refractivity contribution in [3.8, 4) is 0 Å². The van der Waals surface area contributed by atoms with Gasteiger partial charge >= 0.3 is 5.97 Å². The summed E-state index contributed by atoms with van der Waals surface area (Å²) in [4.78, 5) is 19.4. The van der Waals surface area contributed by atoms with Crippen molar-refractivity contribution >= 4 is 17.4 Å². The van der Waals surface area contributed by atoms with E-state index in [0.717, 1.165) is 0 Å². The molecule has 6 heteroatoms. The molecule has 2 rings (SSSR count). The van der Waals surface area contributed by atoms with Crippen LogP contribution in [0.4, 0.5) is 5.69 Å². The highest BCUT2D eigenvalue weighted by atomic mass is 16.7. The Morgan fingerprint density at radius 3 is 2.48 bits per heavy atom. The fraction of sp³-hybridized carbons (Fsp3) is 0.0667. The second-order valence-corrected chi connectivity index (χ2v) is 4.13. The van der Waals surface area contributed by atoms with E-state index in [1.54, 1.807) is 61.5 Å². The number of nitrogens with zero attached hydrogens (tertiary/aromatic N) is 4. The Balaban J connectivity index is 2.19. The van der Waals surface area contributed by atoms with E-state index in [-0.39, 0.29) is 0 Å². The lowest BCUT2D eigenvalue weighted by Crippen LogP contribution is -2.03. The number of azide groups is 1. The van der Waals surface area contributed by atoms with E-state index in [1.807, 2.05) is 0 Å². The summed E-state index contributed by atoms with van der Waals surface area (Å²) in [5.41, 5.74) is 10.4. The van der Waals surface area contributed by atoms with Gasteiger partial charge in [-0.25, -0.2) is 4.79 Å². The molecule has 0 saturated carbocycles. The van der Waals surface area contributed by atoms with Gasteiger partial charge in [0.05, 0.1) is 11.3 Å². The maximum atomic E-state index is 11.8. The second-order valence-electron chi connectivity index (χ2n) is 4.13. The minimum Gasteiger partial charge on any atom is -0.313 e. The Kier molecular flexibility index (Phi) is 4.69. The lowest BCUT2D eigenvalue weighted by Gasteiger charge is -2.04. The molecule has 0 aliphatic carbocycles. The van der Waals surface area contributed by atoms with Crippen LogP contribution >= 0.6 is 0 Å². The minimum absolute atomic E-state index is 0.414. The van der Waals surface area contributed by atoms with Crippen molar-refractivity contribution in [2.45, 2.75) is 6.92 Å². The number of oxime groups is 1. The Morgan fingerprint density at radius 2 is 1.76 bits per heavy atom. The average Bonchev–Trinajstić information content (AvgIpc) is 2.54. The predicted molar refractivity (Wildman–Crippen MR) is 79.3 cm³/mol. The van der Waals surface area contributed by atoms with Crippen LogP contribution in [0.5, 0.6) is 0 Å². The first-order chi connectivity index (χ1) is 10.2. The molecule has 0 spiro atoms. The highest BCUT2D eigenvalue weighted by molar-refractivity contribution is 6.03. The van der Waals surface area contributed by atoms with Crippen molar-refractivity contribution in [2.24, 2.45) is 10.3 Å². The molecule has 0 amide bonds. The Bertz CT molecular complexity index is 719. The molecule has 6 nitrogen and oxygen atoms in total. The van der Waals surface area contributed by atoms with Crippen molar-refractivity contribution in [1.29, 1.82) is 0 Å². The highest BCUT2D eigenvalue weighted by Crippen LogP contribution is 2.19. The minimum atomic E-state index is -0.545. The molecule has 104 valence electrons. The van der Waals surface area contributed by atoms with Crippen molar-refractivity contribution in [1.82, 2.24) is 0 Å². The molecule has 0 aliphatic rings. The third-order valence-corrected chi connectivity index (χ3v) is 2.72. The van der Waals surface area contributed by atoms with E-state index >= 15 is 0 Å². The van der Waals surface area contributed by atoms with E-state index in [4.69, 9.17) is 10.4 Å². The fourth-order valence-corrected chi connectivity index (χ4v) is 1.70. The summed E-state index contributed by atoms with van der Waals surface area (Å²) in [6.07, 6.45) is 0. The third kappa shape index (κ3) is 3.68. The van der Waals surface area contributed by atoms with Crippen LogP contribution in [0.15, 0.2) is 64.9 Å². The van der Waals surface area contributed by atoms with Gasteiger partial charge in [0.1, 0.15) is 0 Å². The van der Waals surface area contributed by atoms with Crippen molar-refractivity contribution < 1.29 is 9.63 Å². The number of benzene rings is 2. The zero-order valence-corrected chi connectivity index (χ0v) is 11.3. The van der Waals surface area contributed by atoms with Crippen LogP contribution in [0, 0.1) is 0 Å². The SMILES string of the molecule is C/C(=N/OC(=O)c1ccccc1)c1ccccc1N=[N+]=[N-]. The Labute approximate surface area is 121 Å². The quantitative estimate of drug-likeness (QED) is 0.210. The van der Waals surface area contributed by atoms with Crippen molar-refractivity contribution in [3.63, 3.8) is 0 Å². The monoisotopic (exact) mass is 280 g/mol. The second kappa shape index (κ2) is 6.88. The average molecular weight is 280 g/mol. The fourth-order valence-electron chi connectivity index (χ4n) is 1.70. The zero-order valence-electron chi connectivity index (χ0n) is 11.3. The molecule has 2 aromatic carbocycles. The summed E-state index contributed by atoms with van der Waals surface area (Å²) in [7, 11) is 0. The van der Waals surface area contributed by atoms with Crippen LogP contribution in [0.2, 0.25) is 0 Å². The lowest BCUT2D eigenvalue weighted by molar-refractivity contribution is 0.0516. The maximum absolute atomic E-state index is 11.8. The van der Waals surface area contributed by atoms with E-state index in [9.17, 15) is 4.79 Å². The summed E-state index contributed by atoms with van der Waals surface area (Å²) in [5, 5.41) is 7.37. The first-order valence-corrected chi connectivity index (χ1v) is 6.18.